The molecule has 32 heavy (non-hydrogen) atoms. The fraction of sp³-hybridized carbons (Fsp3) is 0.419. The lowest BCUT2D eigenvalue weighted by atomic mass is 9.77. The quantitative estimate of drug-likeness (QED) is 0.273. The van der Waals surface area contributed by atoms with Gasteiger partial charge in [-0.05, 0) is 85.1 Å². The molecule has 0 aliphatic heterocycles. The van der Waals surface area contributed by atoms with E-state index in [1.807, 2.05) is 30.3 Å². The predicted octanol–water partition coefficient (Wildman–Crippen LogP) is 8.80. The van der Waals surface area contributed by atoms with Gasteiger partial charge in [-0.3, -0.25) is 0 Å². The third-order valence-corrected chi connectivity index (χ3v) is 7.24. The number of rotatable bonds is 6. The van der Waals surface area contributed by atoms with Crippen molar-refractivity contribution in [3.63, 3.8) is 0 Å². The monoisotopic (exact) mass is 426 g/mol. The molecule has 1 saturated carbocycles. The van der Waals surface area contributed by atoms with Gasteiger partial charge in [0.05, 0.1) is 5.56 Å². The fourth-order valence-corrected chi connectivity index (χ4v) is 5.04. The lowest BCUT2D eigenvalue weighted by molar-refractivity contribution is 0.319. The van der Waals surface area contributed by atoms with Crippen LogP contribution in [0.3, 0.4) is 0 Å². The van der Waals surface area contributed by atoms with Crippen molar-refractivity contribution in [2.45, 2.75) is 77.6 Å². The molecule has 0 N–H and O–H groups in total. The average Bonchev–Trinajstić information content (AvgIpc) is 2.84. The topological polar surface area (TPSA) is 0 Å². The Labute approximate surface area is 193 Å². The van der Waals surface area contributed by atoms with Crippen molar-refractivity contribution < 1.29 is 4.39 Å². The van der Waals surface area contributed by atoms with E-state index in [1.54, 1.807) is 0 Å². The first-order chi connectivity index (χ1) is 15.7. The first-order valence-electron chi connectivity index (χ1n) is 12.5. The molecule has 3 aromatic carbocycles. The van der Waals surface area contributed by atoms with Crippen LogP contribution in [0.1, 0.15) is 93.4 Å². The molecule has 0 spiro atoms. The van der Waals surface area contributed by atoms with Crippen LogP contribution in [0.25, 0.3) is 10.8 Å². The molecular weight excluding hydrogens is 391 g/mol. The summed E-state index contributed by atoms with van der Waals surface area (Å²) in [7, 11) is 0. The number of aryl methyl sites for hydroxylation is 1. The largest absolute Gasteiger partial charge is 0.205 e. The first-order valence-corrected chi connectivity index (χ1v) is 12.5. The SMILES string of the molecule is CCCCCc1ccc(C#Cc2ccc3cc(C4CCC(CC)CC4)ccc3c2F)cc1. The molecule has 3 aromatic rings. The summed E-state index contributed by atoms with van der Waals surface area (Å²) in [5.41, 5.74) is 4.12. The van der Waals surface area contributed by atoms with Crippen molar-refractivity contribution in [2.75, 3.05) is 0 Å². The van der Waals surface area contributed by atoms with Crippen LogP contribution in [0.2, 0.25) is 0 Å². The minimum atomic E-state index is -0.201. The van der Waals surface area contributed by atoms with Crippen molar-refractivity contribution in [3.05, 3.63) is 82.7 Å². The first kappa shape index (κ1) is 22.6. The van der Waals surface area contributed by atoms with E-state index in [2.05, 4.69) is 50.0 Å². The van der Waals surface area contributed by atoms with Crippen molar-refractivity contribution in [1.82, 2.24) is 0 Å². The van der Waals surface area contributed by atoms with Gasteiger partial charge < -0.3 is 0 Å². The second-order valence-corrected chi connectivity index (χ2v) is 9.44. The minimum Gasteiger partial charge on any atom is -0.205 e. The Balaban J connectivity index is 1.48. The Morgan fingerprint density at radius 2 is 1.62 bits per heavy atom. The van der Waals surface area contributed by atoms with Crippen LogP contribution in [0.15, 0.2) is 54.6 Å². The van der Waals surface area contributed by atoms with Crippen LogP contribution in [0.4, 0.5) is 4.39 Å². The molecule has 0 amide bonds. The van der Waals surface area contributed by atoms with E-state index in [1.165, 1.54) is 62.5 Å². The van der Waals surface area contributed by atoms with E-state index in [9.17, 15) is 0 Å². The van der Waals surface area contributed by atoms with Gasteiger partial charge >= 0.3 is 0 Å². The molecule has 0 bridgehead atoms. The second kappa shape index (κ2) is 10.8. The fourth-order valence-electron chi connectivity index (χ4n) is 5.04. The number of hydrogen-bond acceptors (Lipinski definition) is 0. The van der Waals surface area contributed by atoms with Gasteiger partial charge in [-0.15, -0.1) is 0 Å². The van der Waals surface area contributed by atoms with Crippen LogP contribution in [0, 0.1) is 23.6 Å². The van der Waals surface area contributed by atoms with Crippen molar-refractivity contribution in [1.29, 1.82) is 0 Å². The van der Waals surface area contributed by atoms with Gasteiger partial charge in [0.15, 0.2) is 0 Å². The molecule has 0 nitrogen and oxygen atoms in total. The van der Waals surface area contributed by atoms with Crippen LogP contribution in [-0.4, -0.2) is 0 Å². The molecule has 0 radical (unpaired) electrons. The lowest BCUT2D eigenvalue weighted by Crippen LogP contribution is -2.12. The van der Waals surface area contributed by atoms with Gasteiger partial charge in [-0.1, -0.05) is 81.3 Å². The van der Waals surface area contributed by atoms with E-state index in [0.29, 0.717) is 16.9 Å². The maximum Gasteiger partial charge on any atom is 0.146 e. The zero-order chi connectivity index (χ0) is 22.3. The zero-order valence-corrected chi connectivity index (χ0v) is 19.6. The van der Waals surface area contributed by atoms with Crippen molar-refractivity contribution in [2.24, 2.45) is 5.92 Å². The highest BCUT2D eigenvalue weighted by molar-refractivity contribution is 5.85. The van der Waals surface area contributed by atoms with Crippen LogP contribution < -0.4 is 0 Å². The van der Waals surface area contributed by atoms with Crippen LogP contribution in [-0.2, 0) is 6.42 Å². The molecule has 0 unspecified atom stereocenters. The van der Waals surface area contributed by atoms with Gasteiger partial charge in [0, 0.05) is 10.9 Å². The Morgan fingerprint density at radius 3 is 2.34 bits per heavy atom. The molecule has 166 valence electrons. The van der Waals surface area contributed by atoms with E-state index in [-0.39, 0.29) is 5.82 Å². The molecule has 0 saturated heterocycles. The second-order valence-electron chi connectivity index (χ2n) is 9.44. The number of fused-ring (bicyclic) bond motifs is 1. The smallest absolute Gasteiger partial charge is 0.146 e. The van der Waals surface area contributed by atoms with Gasteiger partial charge in [-0.2, -0.15) is 0 Å². The highest BCUT2D eigenvalue weighted by Crippen LogP contribution is 2.38. The normalized spacial score (nSPS) is 18.3. The summed E-state index contributed by atoms with van der Waals surface area (Å²) in [5.74, 6) is 7.51. The Bertz CT molecular complexity index is 1090. The molecule has 4 rings (SSSR count). The number of unbranched alkanes of at least 4 members (excludes halogenated alkanes) is 2. The number of halogens is 1. The maximum atomic E-state index is 15.2. The lowest BCUT2D eigenvalue weighted by Gasteiger charge is -2.28. The third kappa shape index (κ3) is 5.42. The molecule has 0 aromatic heterocycles. The number of hydrogen-bond donors (Lipinski definition) is 0. The highest BCUT2D eigenvalue weighted by atomic mass is 19.1. The summed E-state index contributed by atoms with van der Waals surface area (Å²) >= 11 is 0. The van der Waals surface area contributed by atoms with E-state index in [0.717, 1.165) is 23.3 Å². The van der Waals surface area contributed by atoms with E-state index in [4.69, 9.17) is 0 Å². The average molecular weight is 427 g/mol. The van der Waals surface area contributed by atoms with Crippen molar-refractivity contribution in [3.8, 4) is 11.8 Å². The standard InChI is InChI=1S/C31H35F/c1-3-5-6-7-24-8-10-25(11-9-24)14-17-27-18-19-29-22-28(20-21-30(29)31(27)32)26-15-12-23(4-2)13-16-26/h8-11,18-23,26H,3-7,12-13,15-16H2,1-2H3. The molecule has 0 atom stereocenters. The van der Waals surface area contributed by atoms with Gasteiger partial charge in [-0.25, -0.2) is 4.39 Å². The maximum absolute atomic E-state index is 15.2. The minimum absolute atomic E-state index is 0.201. The number of benzene rings is 3. The summed E-state index contributed by atoms with van der Waals surface area (Å²) in [6.07, 6.45) is 11.3. The summed E-state index contributed by atoms with van der Waals surface area (Å²) in [5, 5.41) is 1.66. The summed E-state index contributed by atoms with van der Waals surface area (Å²) < 4.78 is 15.2. The van der Waals surface area contributed by atoms with E-state index < -0.39 is 0 Å². The molecule has 0 heterocycles. The van der Waals surface area contributed by atoms with Crippen LogP contribution >= 0.6 is 0 Å². The Kier molecular flexibility index (Phi) is 7.64. The van der Waals surface area contributed by atoms with E-state index >= 15 is 4.39 Å². The van der Waals surface area contributed by atoms with Gasteiger partial charge in [0.2, 0.25) is 0 Å². The molecular formula is C31H35F. The summed E-state index contributed by atoms with van der Waals surface area (Å²) in [4.78, 5) is 0. The van der Waals surface area contributed by atoms with Crippen molar-refractivity contribution >= 4 is 10.8 Å². The Morgan fingerprint density at radius 1 is 0.844 bits per heavy atom. The summed E-state index contributed by atoms with van der Waals surface area (Å²) in [6, 6.07) is 18.5. The zero-order valence-electron chi connectivity index (χ0n) is 19.6. The molecule has 1 fully saturated rings. The third-order valence-electron chi connectivity index (χ3n) is 7.24. The van der Waals surface area contributed by atoms with Gasteiger partial charge in [0.25, 0.3) is 0 Å². The molecule has 1 heteroatoms. The predicted molar refractivity (Wildman–Crippen MR) is 135 cm³/mol. The molecule has 1 aliphatic rings. The van der Waals surface area contributed by atoms with Gasteiger partial charge in [0.1, 0.15) is 5.82 Å². The van der Waals surface area contributed by atoms with Crippen LogP contribution in [0.5, 0.6) is 0 Å². The summed E-state index contributed by atoms with van der Waals surface area (Å²) in [6.45, 7) is 4.52. The Hall–Kier alpha value is -2.59. The molecule has 1 aliphatic carbocycles. The highest BCUT2D eigenvalue weighted by Gasteiger charge is 2.21.